The summed E-state index contributed by atoms with van der Waals surface area (Å²) in [6.07, 6.45) is 5.96. The lowest BCUT2D eigenvalue weighted by atomic mass is 9.86. The maximum atomic E-state index is 5.55. The number of nitrogens with one attached hydrogen (secondary N) is 1. The van der Waals surface area contributed by atoms with Gasteiger partial charge in [0, 0.05) is 6.54 Å². The van der Waals surface area contributed by atoms with Gasteiger partial charge in [0.05, 0.1) is 24.5 Å². The second-order valence-corrected chi connectivity index (χ2v) is 5.81. The number of hydrogen-bond donors (Lipinski definition) is 1. The Labute approximate surface area is 116 Å². The molecule has 1 N–H and O–H groups in total. The number of aromatic nitrogens is 2. The highest BCUT2D eigenvalue weighted by Gasteiger charge is 2.25. The summed E-state index contributed by atoms with van der Waals surface area (Å²) in [6.45, 7) is 10.7. The second-order valence-electron chi connectivity index (χ2n) is 5.81. The van der Waals surface area contributed by atoms with Gasteiger partial charge in [-0.25, -0.2) is 9.97 Å². The molecule has 1 radical (unpaired) electrons. The zero-order chi connectivity index (χ0) is 13.8. The molecule has 2 unspecified atom stereocenters. The molecule has 1 fully saturated rings. The van der Waals surface area contributed by atoms with Gasteiger partial charge in [-0.2, -0.15) is 0 Å². The van der Waals surface area contributed by atoms with Crippen LogP contribution in [0.2, 0.25) is 0 Å². The van der Waals surface area contributed by atoms with E-state index in [1.807, 2.05) is 13.8 Å². The van der Waals surface area contributed by atoms with E-state index in [-0.39, 0.29) is 12.1 Å². The summed E-state index contributed by atoms with van der Waals surface area (Å²) in [5.41, 5.74) is 0. The van der Waals surface area contributed by atoms with Gasteiger partial charge in [0.1, 0.15) is 5.82 Å². The molecule has 4 nitrogen and oxygen atoms in total. The number of hydrogen-bond acceptors (Lipinski definition) is 4. The smallest absolute Gasteiger partial charge is 0.156 e. The molecular weight excluding hydrogens is 238 g/mol. The topological polar surface area (TPSA) is 47.0 Å². The largest absolute Gasteiger partial charge is 0.488 e. The quantitative estimate of drug-likeness (QED) is 0.905. The van der Waals surface area contributed by atoms with E-state index in [0.717, 1.165) is 18.0 Å². The van der Waals surface area contributed by atoms with E-state index in [1.165, 1.54) is 6.42 Å². The molecule has 0 amide bonds. The molecule has 0 spiro atoms. The van der Waals surface area contributed by atoms with Crippen molar-refractivity contribution in [3.63, 3.8) is 0 Å². The first-order valence-electron chi connectivity index (χ1n) is 7.14. The van der Waals surface area contributed by atoms with Crippen molar-refractivity contribution in [1.82, 2.24) is 15.3 Å². The first-order chi connectivity index (χ1) is 9.06. The van der Waals surface area contributed by atoms with E-state index in [9.17, 15) is 0 Å². The normalized spacial score (nSPS) is 23.9. The van der Waals surface area contributed by atoms with E-state index in [2.05, 4.69) is 35.7 Å². The van der Waals surface area contributed by atoms with Crippen LogP contribution < -0.4 is 10.1 Å². The number of rotatable bonds is 4. The molecular formula is C15H24N3O. The Morgan fingerprint density at radius 2 is 1.84 bits per heavy atom. The van der Waals surface area contributed by atoms with Crippen molar-refractivity contribution < 1.29 is 4.74 Å². The average molecular weight is 262 g/mol. The van der Waals surface area contributed by atoms with Crippen LogP contribution in [0.1, 0.15) is 52.4 Å². The lowest BCUT2D eigenvalue weighted by Gasteiger charge is -2.30. The van der Waals surface area contributed by atoms with Gasteiger partial charge < -0.3 is 10.1 Å². The van der Waals surface area contributed by atoms with Gasteiger partial charge in [-0.05, 0) is 38.5 Å². The van der Waals surface area contributed by atoms with Crippen LogP contribution in [0, 0.1) is 18.4 Å². The summed E-state index contributed by atoms with van der Waals surface area (Å²) in [5.74, 6) is 2.93. The molecule has 1 aromatic rings. The standard InChI is InChI=1S/C15H24N3O/c1-10(2)12-5-6-14(16-7-12)15-17-8-13(9-18-15)19-11(3)4/h7-12,14,16H,5-6H2,1-4H3. The van der Waals surface area contributed by atoms with Crippen LogP contribution in [0.5, 0.6) is 5.75 Å². The van der Waals surface area contributed by atoms with Gasteiger partial charge in [0.2, 0.25) is 0 Å². The minimum absolute atomic E-state index is 0.155. The Hall–Kier alpha value is -1.16. The maximum Gasteiger partial charge on any atom is 0.156 e. The zero-order valence-corrected chi connectivity index (χ0v) is 12.3. The van der Waals surface area contributed by atoms with Gasteiger partial charge in [-0.15, -0.1) is 0 Å². The van der Waals surface area contributed by atoms with Gasteiger partial charge in [0.25, 0.3) is 0 Å². The SMILES string of the molecule is CC(C)Oc1cnc(C2CCC(C(C)C)[CH]N2)nc1. The molecule has 2 heterocycles. The molecule has 105 valence electrons. The molecule has 1 aliphatic heterocycles. The average Bonchev–Trinajstić information content (AvgIpc) is 2.39. The molecule has 1 saturated heterocycles. The molecule has 4 heteroatoms. The molecule has 0 saturated carbocycles. The monoisotopic (exact) mass is 262 g/mol. The predicted molar refractivity (Wildman–Crippen MR) is 75.5 cm³/mol. The van der Waals surface area contributed by atoms with Crippen LogP contribution in [0.4, 0.5) is 0 Å². The zero-order valence-electron chi connectivity index (χ0n) is 12.3. The lowest BCUT2D eigenvalue weighted by Crippen LogP contribution is -2.32. The summed E-state index contributed by atoms with van der Waals surface area (Å²) < 4.78 is 5.55. The third-order valence-electron chi connectivity index (χ3n) is 3.49. The molecule has 19 heavy (non-hydrogen) atoms. The molecule has 0 aliphatic carbocycles. The van der Waals surface area contributed by atoms with E-state index >= 15 is 0 Å². The molecule has 1 aromatic heterocycles. The van der Waals surface area contributed by atoms with Crippen molar-refractivity contribution >= 4 is 0 Å². The maximum absolute atomic E-state index is 5.55. The van der Waals surface area contributed by atoms with Crippen LogP contribution >= 0.6 is 0 Å². The number of piperidine rings is 1. The van der Waals surface area contributed by atoms with Crippen molar-refractivity contribution in [3.05, 3.63) is 24.8 Å². The summed E-state index contributed by atoms with van der Waals surface area (Å²) in [6, 6.07) is 0.239. The molecule has 0 bridgehead atoms. The lowest BCUT2D eigenvalue weighted by molar-refractivity contribution is 0.239. The van der Waals surface area contributed by atoms with Gasteiger partial charge in [-0.1, -0.05) is 13.8 Å². The third kappa shape index (κ3) is 3.90. The molecule has 2 rings (SSSR count). The molecule has 1 aliphatic rings. The first kappa shape index (κ1) is 14.3. The minimum atomic E-state index is 0.155. The first-order valence-corrected chi connectivity index (χ1v) is 7.14. The predicted octanol–water partition coefficient (Wildman–Crippen LogP) is 3.12. The van der Waals surface area contributed by atoms with Crippen molar-refractivity contribution in [3.8, 4) is 5.75 Å². The Morgan fingerprint density at radius 3 is 2.32 bits per heavy atom. The van der Waals surface area contributed by atoms with Gasteiger partial charge in [0.15, 0.2) is 5.75 Å². The van der Waals surface area contributed by atoms with E-state index < -0.39 is 0 Å². The summed E-state index contributed by atoms with van der Waals surface area (Å²) in [4.78, 5) is 8.81. The van der Waals surface area contributed by atoms with Crippen molar-refractivity contribution in [2.24, 2.45) is 11.8 Å². The highest BCUT2D eigenvalue weighted by molar-refractivity contribution is 5.14. The molecule has 0 aromatic carbocycles. The van der Waals surface area contributed by atoms with Gasteiger partial charge >= 0.3 is 0 Å². The fourth-order valence-corrected chi connectivity index (χ4v) is 2.33. The van der Waals surface area contributed by atoms with Crippen molar-refractivity contribution in [1.29, 1.82) is 0 Å². The van der Waals surface area contributed by atoms with E-state index in [0.29, 0.717) is 11.8 Å². The van der Waals surface area contributed by atoms with E-state index in [4.69, 9.17) is 4.74 Å². The summed E-state index contributed by atoms with van der Waals surface area (Å²) in [7, 11) is 0. The fraction of sp³-hybridized carbons (Fsp3) is 0.667. The summed E-state index contributed by atoms with van der Waals surface area (Å²) >= 11 is 0. The van der Waals surface area contributed by atoms with Crippen LogP contribution in [-0.2, 0) is 0 Å². The highest BCUT2D eigenvalue weighted by atomic mass is 16.5. The Bertz CT molecular complexity index is 381. The highest BCUT2D eigenvalue weighted by Crippen LogP contribution is 2.30. The van der Waals surface area contributed by atoms with Crippen LogP contribution in [0.15, 0.2) is 12.4 Å². The third-order valence-corrected chi connectivity index (χ3v) is 3.49. The second kappa shape index (κ2) is 6.33. The minimum Gasteiger partial charge on any atom is -0.488 e. The van der Waals surface area contributed by atoms with Gasteiger partial charge in [-0.3, -0.25) is 0 Å². The van der Waals surface area contributed by atoms with E-state index in [1.54, 1.807) is 12.4 Å². The fourth-order valence-electron chi connectivity index (χ4n) is 2.33. The Kier molecular flexibility index (Phi) is 4.75. The molecule has 2 atom stereocenters. The Balaban J connectivity index is 1.92. The van der Waals surface area contributed by atoms with Crippen molar-refractivity contribution in [2.45, 2.75) is 52.7 Å². The van der Waals surface area contributed by atoms with Crippen LogP contribution in [0.3, 0.4) is 0 Å². The van der Waals surface area contributed by atoms with Crippen molar-refractivity contribution in [2.75, 3.05) is 0 Å². The number of nitrogens with zero attached hydrogens (tertiary/aromatic N) is 2. The van der Waals surface area contributed by atoms with Crippen LogP contribution in [0.25, 0.3) is 0 Å². The number of ether oxygens (including phenoxy) is 1. The Morgan fingerprint density at radius 1 is 1.16 bits per heavy atom. The van der Waals surface area contributed by atoms with Crippen LogP contribution in [-0.4, -0.2) is 16.1 Å². The summed E-state index contributed by atoms with van der Waals surface area (Å²) in [5, 5.41) is 3.44.